The molecule has 148 valence electrons. The molecule has 0 radical (unpaired) electrons. The minimum Gasteiger partial charge on any atom is -0.378 e. The summed E-state index contributed by atoms with van der Waals surface area (Å²) in [4.78, 5) is 19.5. The second kappa shape index (κ2) is 8.76. The van der Waals surface area contributed by atoms with Crippen molar-refractivity contribution >= 4 is 11.6 Å². The number of rotatable bonds is 4. The number of carbonyl (C=O) groups excluding carboxylic acids is 1. The molecule has 5 nitrogen and oxygen atoms in total. The molecule has 0 aromatic heterocycles. The summed E-state index contributed by atoms with van der Waals surface area (Å²) in [6.07, 6.45) is 0. The molecule has 2 aromatic carbocycles. The smallest absolute Gasteiger partial charge is 0.254 e. The van der Waals surface area contributed by atoms with E-state index in [1.165, 1.54) is 16.8 Å². The molecular formula is C23H29N3O2. The molecule has 4 rings (SSSR count). The summed E-state index contributed by atoms with van der Waals surface area (Å²) in [5, 5.41) is 0. The number of morpholine rings is 1. The zero-order valence-electron chi connectivity index (χ0n) is 16.6. The molecule has 0 aliphatic carbocycles. The van der Waals surface area contributed by atoms with Crippen molar-refractivity contribution in [2.45, 2.75) is 13.5 Å². The number of aryl methyl sites for hydroxylation is 1. The number of ether oxygens (including phenoxy) is 1. The molecule has 0 saturated carbocycles. The molecule has 0 bridgehead atoms. The maximum Gasteiger partial charge on any atom is 0.254 e. The Morgan fingerprint density at radius 1 is 0.929 bits per heavy atom. The molecule has 2 fully saturated rings. The standard InChI is InChI=1S/C23H29N3O2/c1-19-5-7-22(8-6-19)25-11-9-24(10-12-25)18-20-3-2-4-21(17-20)23(27)26-13-15-28-16-14-26/h2-8,17H,9-16,18H2,1H3. The van der Waals surface area contributed by atoms with Crippen molar-refractivity contribution in [2.75, 3.05) is 57.4 Å². The van der Waals surface area contributed by atoms with Gasteiger partial charge in [-0.1, -0.05) is 29.8 Å². The zero-order valence-corrected chi connectivity index (χ0v) is 16.6. The summed E-state index contributed by atoms with van der Waals surface area (Å²) in [7, 11) is 0. The third kappa shape index (κ3) is 4.54. The average Bonchev–Trinajstić information content (AvgIpc) is 2.75. The molecule has 2 aliphatic rings. The predicted molar refractivity (Wildman–Crippen MR) is 112 cm³/mol. The molecule has 2 aliphatic heterocycles. The van der Waals surface area contributed by atoms with Gasteiger partial charge in [0.15, 0.2) is 0 Å². The lowest BCUT2D eigenvalue weighted by Gasteiger charge is -2.36. The van der Waals surface area contributed by atoms with Crippen molar-refractivity contribution in [2.24, 2.45) is 0 Å². The fourth-order valence-corrected chi connectivity index (χ4v) is 3.93. The van der Waals surface area contributed by atoms with Gasteiger partial charge in [0.25, 0.3) is 5.91 Å². The Kier molecular flexibility index (Phi) is 5.93. The number of hydrogen-bond acceptors (Lipinski definition) is 4. The largest absolute Gasteiger partial charge is 0.378 e. The Hall–Kier alpha value is -2.37. The molecule has 1 amide bonds. The average molecular weight is 380 g/mol. The molecule has 0 unspecified atom stereocenters. The number of carbonyl (C=O) groups is 1. The number of anilines is 1. The lowest BCUT2D eigenvalue weighted by Crippen LogP contribution is -2.46. The molecular weight excluding hydrogens is 350 g/mol. The van der Waals surface area contributed by atoms with E-state index in [0.717, 1.165) is 38.3 Å². The summed E-state index contributed by atoms with van der Waals surface area (Å²) in [6.45, 7) is 9.81. The molecule has 0 spiro atoms. The van der Waals surface area contributed by atoms with Crippen molar-refractivity contribution < 1.29 is 9.53 Å². The van der Waals surface area contributed by atoms with Gasteiger partial charge in [0.2, 0.25) is 0 Å². The lowest BCUT2D eigenvalue weighted by molar-refractivity contribution is 0.0303. The van der Waals surface area contributed by atoms with Gasteiger partial charge >= 0.3 is 0 Å². The van der Waals surface area contributed by atoms with E-state index in [9.17, 15) is 4.79 Å². The topological polar surface area (TPSA) is 36.0 Å². The van der Waals surface area contributed by atoms with Gasteiger partial charge in [-0.05, 0) is 36.8 Å². The van der Waals surface area contributed by atoms with Gasteiger partial charge in [0.05, 0.1) is 13.2 Å². The van der Waals surface area contributed by atoms with Crippen molar-refractivity contribution in [3.8, 4) is 0 Å². The van der Waals surface area contributed by atoms with Gasteiger partial charge in [-0.25, -0.2) is 0 Å². The third-order valence-electron chi connectivity index (χ3n) is 5.65. The van der Waals surface area contributed by atoms with Gasteiger partial charge < -0.3 is 14.5 Å². The van der Waals surface area contributed by atoms with E-state index >= 15 is 0 Å². The van der Waals surface area contributed by atoms with E-state index < -0.39 is 0 Å². The second-order valence-electron chi connectivity index (χ2n) is 7.70. The molecule has 2 saturated heterocycles. The van der Waals surface area contributed by atoms with Crippen LogP contribution in [-0.4, -0.2) is 68.2 Å². The van der Waals surface area contributed by atoms with E-state index in [1.807, 2.05) is 17.0 Å². The summed E-state index contributed by atoms with van der Waals surface area (Å²) < 4.78 is 5.35. The van der Waals surface area contributed by atoms with Crippen molar-refractivity contribution in [3.63, 3.8) is 0 Å². The Labute approximate surface area is 167 Å². The first-order valence-corrected chi connectivity index (χ1v) is 10.2. The summed E-state index contributed by atoms with van der Waals surface area (Å²) in [6, 6.07) is 16.9. The normalized spacial score (nSPS) is 18.3. The zero-order chi connectivity index (χ0) is 19.3. The Morgan fingerprint density at radius 2 is 1.64 bits per heavy atom. The first-order valence-electron chi connectivity index (χ1n) is 10.2. The van der Waals surface area contributed by atoms with Crippen LogP contribution < -0.4 is 4.90 Å². The molecule has 5 heteroatoms. The van der Waals surface area contributed by atoms with Crippen molar-refractivity contribution in [1.82, 2.24) is 9.80 Å². The van der Waals surface area contributed by atoms with E-state index in [0.29, 0.717) is 26.3 Å². The van der Waals surface area contributed by atoms with E-state index in [4.69, 9.17) is 4.74 Å². The van der Waals surface area contributed by atoms with Crippen molar-refractivity contribution in [1.29, 1.82) is 0 Å². The van der Waals surface area contributed by atoms with Crippen LogP contribution in [0.3, 0.4) is 0 Å². The maximum absolute atomic E-state index is 12.7. The lowest BCUT2D eigenvalue weighted by atomic mass is 10.1. The van der Waals surface area contributed by atoms with Gasteiger partial charge in [-0.2, -0.15) is 0 Å². The van der Waals surface area contributed by atoms with Crippen LogP contribution in [0.1, 0.15) is 21.5 Å². The number of piperazine rings is 1. The van der Waals surface area contributed by atoms with Crippen LogP contribution in [0, 0.1) is 6.92 Å². The van der Waals surface area contributed by atoms with Crippen LogP contribution in [0.4, 0.5) is 5.69 Å². The Morgan fingerprint density at radius 3 is 2.36 bits per heavy atom. The Bertz CT molecular complexity index is 792. The highest BCUT2D eigenvalue weighted by atomic mass is 16.5. The number of benzene rings is 2. The third-order valence-corrected chi connectivity index (χ3v) is 5.65. The summed E-state index contributed by atoms with van der Waals surface area (Å²) in [5.74, 6) is 0.120. The fraction of sp³-hybridized carbons (Fsp3) is 0.435. The van der Waals surface area contributed by atoms with E-state index in [1.54, 1.807) is 0 Å². The Balaban J connectivity index is 1.33. The molecule has 28 heavy (non-hydrogen) atoms. The van der Waals surface area contributed by atoms with E-state index in [-0.39, 0.29) is 5.91 Å². The fourth-order valence-electron chi connectivity index (χ4n) is 3.93. The SMILES string of the molecule is Cc1ccc(N2CCN(Cc3cccc(C(=O)N4CCOCC4)c3)CC2)cc1. The summed E-state index contributed by atoms with van der Waals surface area (Å²) >= 11 is 0. The van der Waals surface area contributed by atoms with E-state index in [2.05, 4.69) is 53.1 Å². The minimum absolute atomic E-state index is 0.120. The van der Waals surface area contributed by atoms with Gasteiger partial charge in [0, 0.05) is 57.1 Å². The first kappa shape index (κ1) is 19.0. The van der Waals surface area contributed by atoms with Crippen LogP contribution in [0.5, 0.6) is 0 Å². The van der Waals surface area contributed by atoms with Gasteiger partial charge in [-0.3, -0.25) is 9.69 Å². The van der Waals surface area contributed by atoms with Gasteiger partial charge in [0.1, 0.15) is 0 Å². The highest BCUT2D eigenvalue weighted by molar-refractivity contribution is 5.94. The summed E-state index contributed by atoms with van der Waals surface area (Å²) in [5.41, 5.74) is 4.61. The number of amides is 1. The molecule has 0 N–H and O–H groups in total. The number of hydrogen-bond donors (Lipinski definition) is 0. The second-order valence-corrected chi connectivity index (χ2v) is 7.70. The van der Waals surface area contributed by atoms with Crippen LogP contribution in [-0.2, 0) is 11.3 Å². The highest BCUT2D eigenvalue weighted by Gasteiger charge is 2.20. The minimum atomic E-state index is 0.120. The predicted octanol–water partition coefficient (Wildman–Crippen LogP) is 2.79. The van der Waals surface area contributed by atoms with Crippen molar-refractivity contribution in [3.05, 3.63) is 65.2 Å². The van der Waals surface area contributed by atoms with Gasteiger partial charge in [-0.15, -0.1) is 0 Å². The molecule has 2 aromatic rings. The molecule has 2 heterocycles. The van der Waals surface area contributed by atoms with Crippen LogP contribution in [0.25, 0.3) is 0 Å². The quantitative estimate of drug-likeness (QED) is 0.819. The first-order chi connectivity index (χ1) is 13.7. The van der Waals surface area contributed by atoms with Crippen LogP contribution in [0.2, 0.25) is 0 Å². The molecule has 0 atom stereocenters. The highest BCUT2D eigenvalue weighted by Crippen LogP contribution is 2.18. The maximum atomic E-state index is 12.7. The number of nitrogens with zero attached hydrogens (tertiary/aromatic N) is 3. The van der Waals surface area contributed by atoms with Crippen LogP contribution in [0.15, 0.2) is 48.5 Å². The van der Waals surface area contributed by atoms with Crippen LogP contribution >= 0.6 is 0 Å². The monoisotopic (exact) mass is 379 g/mol.